The fourth-order valence-electron chi connectivity index (χ4n) is 4.23. The molecule has 4 rings (SSSR count). The highest BCUT2D eigenvalue weighted by Crippen LogP contribution is 2.48. The van der Waals surface area contributed by atoms with Crippen LogP contribution in [0.15, 0.2) is 41.0 Å². The van der Waals surface area contributed by atoms with Gasteiger partial charge in [-0.25, -0.2) is 19.6 Å². The van der Waals surface area contributed by atoms with E-state index in [9.17, 15) is 28.5 Å². The number of amides is 2. The molecule has 1 aliphatic heterocycles. The van der Waals surface area contributed by atoms with Gasteiger partial charge in [-0.3, -0.25) is 18.6 Å². The maximum Gasteiger partial charge on any atom is 0.473 e. The highest BCUT2D eigenvalue weighted by Gasteiger charge is 2.44. The molecule has 0 spiro atoms. The van der Waals surface area contributed by atoms with Crippen molar-refractivity contribution in [3.05, 3.63) is 53.4 Å². The summed E-state index contributed by atoms with van der Waals surface area (Å²) in [5, 5.41) is 14.7. The van der Waals surface area contributed by atoms with Crippen LogP contribution in [0.25, 0.3) is 17.0 Å². The Labute approximate surface area is 251 Å². The quantitative estimate of drug-likeness (QED) is 0.114. The van der Waals surface area contributed by atoms with Gasteiger partial charge in [0.25, 0.3) is 5.91 Å². The van der Waals surface area contributed by atoms with Gasteiger partial charge in [0, 0.05) is 36.8 Å². The van der Waals surface area contributed by atoms with E-state index in [0.717, 1.165) is 0 Å². The molecule has 16 nitrogen and oxygen atoms in total. The minimum Gasteiger partial charge on any atom is -0.457 e. The second-order valence-electron chi connectivity index (χ2n) is 9.96. The summed E-state index contributed by atoms with van der Waals surface area (Å²) >= 11 is 0. The van der Waals surface area contributed by atoms with Gasteiger partial charge in [-0.15, -0.1) is 0 Å². The third-order valence-electron chi connectivity index (χ3n) is 6.43. The number of hydrogen-bond donors (Lipinski definition) is 5. The summed E-state index contributed by atoms with van der Waals surface area (Å²) in [6.45, 7) is 2.57. The number of furan rings is 1. The lowest BCUT2D eigenvalue weighted by atomic mass is 10.1. The van der Waals surface area contributed by atoms with Crippen LogP contribution in [-0.2, 0) is 34.3 Å². The van der Waals surface area contributed by atoms with Crippen LogP contribution in [0.4, 0.5) is 11.5 Å². The molecule has 0 bridgehead atoms. The van der Waals surface area contributed by atoms with Gasteiger partial charge in [-0.05, 0) is 37.6 Å². The molecule has 2 amide bonds. The van der Waals surface area contributed by atoms with Crippen molar-refractivity contribution in [3.63, 3.8) is 0 Å². The molecule has 6 N–H and O–H groups in total. The maximum atomic E-state index is 13.0. The van der Waals surface area contributed by atoms with Crippen LogP contribution in [0.2, 0.25) is 0 Å². The second kappa shape index (κ2) is 12.9. The van der Waals surface area contributed by atoms with E-state index in [1.54, 1.807) is 38.2 Å². The molecule has 3 atom stereocenters. The number of anilines is 2. The number of nitrogens with zero attached hydrogens (tertiary/aromatic N) is 3. The van der Waals surface area contributed by atoms with Crippen molar-refractivity contribution in [3.8, 4) is 11.8 Å². The van der Waals surface area contributed by atoms with E-state index in [1.807, 2.05) is 0 Å². The van der Waals surface area contributed by atoms with Gasteiger partial charge in [0.1, 0.15) is 5.76 Å². The Morgan fingerprint density at radius 2 is 2.11 bits per heavy atom. The predicted octanol–water partition coefficient (Wildman–Crippen LogP) is 3.42. The Hall–Kier alpha value is -4.06. The van der Waals surface area contributed by atoms with Crippen LogP contribution in [-0.4, -0.2) is 57.3 Å². The molecule has 3 heterocycles. The standard InChI is InChI=1S/C26H30N6O10P2/c1-16-19(18-6-4-7-21(23(18)40-16)41-43(28,35)36)14-32(3)22(33)9-8-17-12-20-24(29-13-17)31-25(34)26(2,15-30-20)42-44(37,38)39-11-5-10-27/h4,6-9,12-13,30H,5,11,14-15H2,1-3H3,(H,37,38)(H3,28,35,36)(H,29,31,34)/b9-8+/t26-/m1/s1. The average molecular weight is 649 g/mol. The van der Waals surface area contributed by atoms with Crippen LogP contribution in [0, 0.1) is 18.3 Å². The van der Waals surface area contributed by atoms with E-state index in [-0.39, 0.29) is 49.2 Å². The Balaban J connectivity index is 1.44. The van der Waals surface area contributed by atoms with Crippen LogP contribution >= 0.6 is 15.6 Å². The number of likely N-dealkylation sites (N-methyl/N-ethyl adjacent to an activating group) is 1. The number of nitriles is 1. The van der Waals surface area contributed by atoms with E-state index >= 15 is 0 Å². The summed E-state index contributed by atoms with van der Waals surface area (Å²) in [7, 11) is -7.39. The monoisotopic (exact) mass is 648 g/mol. The van der Waals surface area contributed by atoms with Crippen molar-refractivity contribution in [1.29, 1.82) is 5.26 Å². The number of fused-ring (bicyclic) bond motifs is 2. The van der Waals surface area contributed by atoms with Crippen LogP contribution in [0.3, 0.4) is 0 Å². The molecule has 2 unspecified atom stereocenters. The van der Waals surface area contributed by atoms with Crippen LogP contribution in [0.1, 0.15) is 30.2 Å². The number of aromatic nitrogens is 1. The Morgan fingerprint density at radius 3 is 2.82 bits per heavy atom. The molecule has 2 aromatic heterocycles. The number of carbonyl (C=O) groups is 2. The predicted molar refractivity (Wildman–Crippen MR) is 158 cm³/mol. The van der Waals surface area contributed by atoms with Crippen molar-refractivity contribution in [2.75, 3.05) is 30.8 Å². The van der Waals surface area contributed by atoms with Crippen molar-refractivity contribution >= 4 is 55.9 Å². The molecule has 0 aliphatic carbocycles. The second-order valence-corrected chi connectivity index (χ2v) is 12.6. The lowest BCUT2D eigenvalue weighted by molar-refractivity contribution is -0.130. The van der Waals surface area contributed by atoms with Crippen LogP contribution < -0.4 is 20.7 Å². The van der Waals surface area contributed by atoms with E-state index < -0.39 is 27.1 Å². The number of pyridine rings is 1. The van der Waals surface area contributed by atoms with E-state index in [1.165, 1.54) is 36.2 Å². The highest BCUT2D eigenvalue weighted by molar-refractivity contribution is 7.50. The number of hydrogen-bond acceptors (Lipinski definition) is 11. The molecule has 18 heteroatoms. The lowest BCUT2D eigenvalue weighted by Crippen LogP contribution is -2.46. The van der Waals surface area contributed by atoms with Crippen molar-refractivity contribution in [2.45, 2.75) is 32.4 Å². The molecular formula is C26H30N6O10P2. The first kappa shape index (κ1) is 32.8. The first-order valence-electron chi connectivity index (χ1n) is 13.0. The molecule has 3 aromatic rings. The number of phosphoric acid groups is 1. The number of nitrogens with two attached hydrogens (primary N) is 1. The van der Waals surface area contributed by atoms with Crippen LogP contribution in [0.5, 0.6) is 5.75 Å². The van der Waals surface area contributed by atoms with E-state index in [0.29, 0.717) is 28.0 Å². The van der Waals surface area contributed by atoms with Gasteiger partial charge < -0.3 is 34.3 Å². The fraction of sp³-hybridized carbons (Fsp3) is 0.308. The first-order chi connectivity index (χ1) is 20.6. The summed E-state index contributed by atoms with van der Waals surface area (Å²) in [6.07, 6.45) is 4.13. The number of carbonyl (C=O) groups excluding carboxylic acids is 2. The Kier molecular flexibility index (Phi) is 9.62. The summed E-state index contributed by atoms with van der Waals surface area (Å²) in [6, 6.07) is 8.17. The highest BCUT2D eigenvalue weighted by atomic mass is 31.2. The molecule has 0 fully saturated rings. The normalized spacial score (nSPS) is 19.2. The minimum atomic E-state index is -4.66. The molecule has 44 heavy (non-hydrogen) atoms. The van der Waals surface area contributed by atoms with Gasteiger partial charge >= 0.3 is 15.6 Å². The average Bonchev–Trinajstić information content (AvgIpc) is 3.19. The topological polar surface area (TPSA) is 240 Å². The molecule has 234 valence electrons. The molecule has 0 radical (unpaired) electrons. The number of para-hydroxylation sites is 1. The summed E-state index contributed by atoms with van der Waals surface area (Å²) < 4.78 is 44.4. The third-order valence-corrected chi connectivity index (χ3v) is 8.03. The van der Waals surface area contributed by atoms with Gasteiger partial charge in [-0.2, -0.15) is 5.26 Å². The van der Waals surface area contributed by atoms with Crippen molar-refractivity contribution in [2.24, 2.45) is 5.50 Å². The largest absolute Gasteiger partial charge is 0.473 e. The van der Waals surface area contributed by atoms with Gasteiger partial charge in [0.2, 0.25) is 5.91 Å². The van der Waals surface area contributed by atoms with Crippen molar-refractivity contribution in [1.82, 2.24) is 9.88 Å². The molecule has 1 aliphatic rings. The first-order valence-corrected chi connectivity index (χ1v) is 16.1. The van der Waals surface area contributed by atoms with E-state index in [2.05, 4.69) is 15.6 Å². The van der Waals surface area contributed by atoms with Gasteiger partial charge in [-0.1, -0.05) is 12.1 Å². The minimum absolute atomic E-state index is 0.000694. The smallest absolute Gasteiger partial charge is 0.457 e. The number of nitrogens with one attached hydrogen (secondary N) is 2. The Morgan fingerprint density at radius 1 is 1.36 bits per heavy atom. The maximum absolute atomic E-state index is 13.0. The summed E-state index contributed by atoms with van der Waals surface area (Å²) in [4.78, 5) is 50.8. The number of rotatable bonds is 11. The van der Waals surface area contributed by atoms with Gasteiger partial charge in [0.15, 0.2) is 22.8 Å². The van der Waals surface area contributed by atoms with E-state index in [4.69, 9.17) is 28.8 Å². The summed E-state index contributed by atoms with van der Waals surface area (Å²) in [5.41, 5.74) is 5.07. The Bertz CT molecular complexity index is 1760. The molecular weight excluding hydrogens is 618 g/mol. The van der Waals surface area contributed by atoms with Crippen molar-refractivity contribution < 1.29 is 46.5 Å². The number of benzene rings is 1. The fourth-order valence-corrected chi connectivity index (χ4v) is 5.69. The number of aryl methyl sites for hydroxylation is 1. The SMILES string of the molecule is Cc1oc2c(OP(N)(=O)O)cccc2c1CN(C)C(=O)/C=C/c1cnc2c(c1)NC[C@@](C)(OP(=O)(O)OCCC#N)C(=O)N2. The molecule has 0 saturated carbocycles. The zero-order valence-electron chi connectivity index (χ0n) is 23.8. The lowest BCUT2D eigenvalue weighted by Gasteiger charge is -2.27. The summed E-state index contributed by atoms with van der Waals surface area (Å²) in [5.74, 6) is -0.488. The zero-order chi connectivity index (χ0) is 32.3. The molecule has 1 aromatic carbocycles. The number of phosphoric ester groups is 1. The zero-order valence-corrected chi connectivity index (χ0v) is 25.6. The van der Waals surface area contributed by atoms with Gasteiger partial charge in [0.05, 0.1) is 31.3 Å². The molecule has 0 saturated heterocycles. The third kappa shape index (κ3) is 7.90.